The summed E-state index contributed by atoms with van der Waals surface area (Å²) in [5.74, 6) is -16.0. The number of phenols is 3. The molecular formula is C66H76Cl3N9O24. The second kappa shape index (κ2) is 31.4. The molecule has 5 aromatic carbocycles. The number of hydrogen-bond donors (Lipinski definition) is 19. The number of carboxylic acid groups (broad SMARTS) is 1. The predicted molar refractivity (Wildman–Crippen MR) is 357 cm³/mol. The van der Waals surface area contributed by atoms with E-state index in [9.17, 15) is 75.0 Å². The lowest BCUT2D eigenvalue weighted by Crippen LogP contribution is -2.64. The number of ether oxygens (including phenoxy) is 6. The van der Waals surface area contributed by atoms with E-state index in [1.807, 2.05) is 13.8 Å². The lowest BCUT2D eigenvalue weighted by molar-refractivity contribution is -0.333. The molecule has 0 spiro atoms. The van der Waals surface area contributed by atoms with Crippen LogP contribution in [0.3, 0.4) is 0 Å². The van der Waals surface area contributed by atoms with Gasteiger partial charge >= 0.3 is 5.97 Å². The largest absolute Gasteiger partial charge is 0.508 e. The van der Waals surface area contributed by atoms with E-state index < -0.39 is 237 Å². The Kier molecular flexibility index (Phi) is 23.8. The fourth-order valence-electron chi connectivity index (χ4n) is 12.5. The van der Waals surface area contributed by atoms with Crippen molar-refractivity contribution in [1.82, 2.24) is 37.2 Å². The second-order valence-corrected chi connectivity index (χ2v) is 26.5. The summed E-state index contributed by atoms with van der Waals surface area (Å²) in [5.41, 5.74) is 8.00. The summed E-state index contributed by atoms with van der Waals surface area (Å²) in [6.07, 6.45) is -18.6. The summed E-state index contributed by atoms with van der Waals surface area (Å²) in [4.78, 5) is 117. The van der Waals surface area contributed by atoms with Gasteiger partial charge in [-0.05, 0) is 110 Å². The van der Waals surface area contributed by atoms with Gasteiger partial charge in [-0.3, -0.25) is 33.6 Å². The summed E-state index contributed by atoms with van der Waals surface area (Å²) in [6, 6.07) is -0.679. The molecule has 0 aliphatic carbocycles. The van der Waals surface area contributed by atoms with Crippen molar-refractivity contribution in [2.45, 2.75) is 156 Å². The summed E-state index contributed by atoms with van der Waals surface area (Å²) >= 11 is 14.1. The van der Waals surface area contributed by atoms with Crippen LogP contribution in [0.4, 0.5) is 0 Å². The first kappa shape index (κ1) is 77.3. The monoisotopic (exact) mass is 1480 g/mol. The molecule has 102 heavy (non-hydrogen) atoms. The Balaban J connectivity index is 0.0000121. The molecule has 12 rings (SSSR count). The number of aliphatic hydroxyl groups is 6. The van der Waals surface area contributed by atoms with Gasteiger partial charge < -0.3 is 128 Å². The Morgan fingerprint density at radius 1 is 0.716 bits per heavy atom. The quantitative estimate of drug-likeness (QED) is 0.0764. The van der Waals surface area contributed by atoms with Crippen LogP contribution >= 0.6 is 35.6 Å². The van der Waals surface area contributed by atoms with Crippen LogP contribution in [0, 0.1) is 5.92 Å². The number of aliphatic carboxylic acids is 1. The fourth-order valence-corrected chi connectivity index (χ4v) is 12.9. The molecule has 21 N–H and O–H groups in total. The number of nitrogens with one attached hydrogen (secondary N) is 7. The molecule has 7 heterocycles. The first-order valence-electron chi connectivity index (χ1n) is 31.6. The van der Waals surface area contributed by atoms with Gasteiger partial charge in [-0.2, -0.15) is 0 Å². The average Bonchev–Trinajstić information content (AvgIpc) is 0.773. The molecule has 7 aliphatic rings. The van der Waals surface area contributed by atoms with Crippen LogP contribution < -0.4 is 62.9 Å². The number of likely N-dealkylation sites (N-methyl/N-ethyl adjacent to an activating group) is 1. The number of rotatable bonds is 13. The van der Waals surface area contributed by atoms with Gasteiger partial charge in [0.1, 0.15) is 89.5 Å². The molecule has 7 amide bonds. The number of hydrogen-bond acceptors (Lipinski definition) is 25. The van der Waals surface area contributed by atoms with Crippen molar-refractivity contribution in [2.75, 3.05) is 13.7 Å². The Morgan fingerprint density at radius 2 is 1.31 bits per heavy atom. The zero-order valence-corrected chi connectivity index (χ0v) is 57.1. The van der Waals surface area contributed by atoms with Crippen molar-refractivity contribution in [3.63, 3.8) is 0 Å². The minimum Gasteiger partial charge on any atom is -0.508 e. The summed E-state index contributed by atoms with van der Waals surface area (Å²) < 4.78 is 38.3. The van der Waals surface area contributed by atoms with Gasteiger partial charge in [-0.25, -0.2) is 4.79 Å². The third-order valence-electron chi connectivity index (χ3n) is 17.8. The van der Waals surface area contributed by atoms with Crippen LogP contribution in [0.2, 0.25) is 10.0 Å². The highest BCUT2D eigenvalue weighted by molar-refractivity contribution is 6.32. The molecule has 550 valence electrons. The van der Waals surface area contributed by atoms with Crippen LogP contribution in [0.15, 0.2) is 78.9 Å². The number of primary amides is 1. The minimum atomic E-state index is -2.35. The number of aromatic hydroxyl groups is 3. The lowest BCUT2D eigenvalue weighted by atomic mass is 9.86. The molecule has 1 unspecified atom stereocenters. The number of carboxylic acids is 1. The number of benzene rings is 5. The van der Waals surface area contributed by atoms with E-state index >= 15 is 14.4 Å². The number of nitrogens with two attached hydrogens (primary N) is 2. The summed E-state index contributed by atoms with van der Waals surface area (Å²) in [6.45, 7) is 5.66. The van der Waals surface area contributed by atoms with Crippen molar-refractivity contribution in [3.8, 4) is 57.1 Å². The first-order valence-corrected chi connectivity index (χ1v) is 32.4. The van der Waals surface area contributed by atoms with Gasteiger partial charge in [0.05, 0.1) is 41.3 Å². The van der Waals surface area contributed by atoms with E-state index in [0.29, 0.717) is 0 Å². The normalized spacial score (nSPS) is 29.1. The highest BCUT2D eigenvalue weighted by Crippen LogP contribution is 2.50. The van der Waals surface area contributed by atoms with Crippen molar-refractivity contribution >= 4 is 82.9 Å². The zero-order valence-electron chi connectivity index (χ0n) is 54.7. The molecular weight excluding hydrogens is 1410 g/mol. The number of fused-ring (bicyclic) bond motifs is 15. The molecule has 18 atom stereocenters. The van der Waals surface area contributed by atoms with Gasteiger partial charge in [0.15, 0.2) is 29.9 Å². The van der Waals surface area contributed by atoms with Gasteiger partial charge in [0.25, 0.3) is 0 Å². The van der Waals surface area contributed by atoms with E-state index in [0.717, 1.165) is 66.7 Å². The Labute approximate surface area is 596 Å². The summed E-state index contributed by atoms with van der Waals surface area (Å²) in [5, 5.41) is 131. The first-order chi connectivity index (χ1) is 47.7. The predicted octanol–water partition coefficient (Wildman–Crippen LogP) is 0.528. The van der Waals surface area contributed by atoms with Crippen LogP contribution in [-0.4, -0.2) is 191 Å². The second-order valence-electron chi connectivity index (χ2n) is 25.7. The number of carbonyl (C=O) groups excluding carboxylic acids is 7. The smallest absolute Gasteiger partial charge is 0.330 e. The number of carbonyl (C=O) groups is 8. The van der Waals surface area contributed by atoms with E-state index in [1.54, 1.807) is 0 Å². The van der Waals surface area contributed by atoms with Crippen molar-refractivity contribution in [2.24, 2.45) is 17.4 Å². The van der Waals surface area contributed by atoms with Crippen molar-refractivity contribution in [1.29, 1.82) is 0 Å². The maximum absolute atomic E-state index is 16.0. The Hall–Kier alpha value is -8.91. The minimum absolute atomic E-state index is 0. The van der Waals surface area contributed by atoms with Gasteiger partial charge in [0, 0.05) is 34.7 Å². The molecule has 7 aliphatic heterocycles. The maximum Gasteiger partial charge on any atom is 0.330 e. The third kappa shape index (κ3) is 16.3. The fraction of sp³-hybridized carbons (Fsp3) is 0.424. The van der Waals surface area contributed by atoms with Crippen molar-refractivity contribution < 1.29 is 118 Å². The molecule has 36 heteroatoms. The van der Waals surface area contributed by atoms with Gasteiger partial charge in [0.2, 0.25) is 53.4 Å². The third-order valence-corrected chi connectivity index (χ3v) is 18.4. The molecule has 0 radical (unpaired) electrons. The number of phenolic OH excluding ortho intramolecular Hbond substituents is 3. The van der Waals surface area contributed by atoms with E-state index in [4.69, 9.17) is 63.1 Å². The molecule has 2 fully saturated rings. The Morgan fingerprint density at radius 3 is 1.89 bits per heavy atom. The van der Waals surface area contributed by atoms with E-state index in [2.05, 4.69) is 37.2 Å². The molecule has 33 nitrogen and oxygen atoms in total. The van der Waals surface area contributed by atoms with Crippen LogP contribution in [0.25, 0.3) is 11.1 Å². The lowest BCUT2D eigenvalue weighted by Gasteiger charge is -2.47. The van der Waals surface area contributed by atoms with Crippen LogP contribution in [0.5, 0.6) is 46.0 Å². The highest BCUT2D eigenvalue weighted by Gasteiger charge is 2.51. The highest BCUT2D eigenvalue weighted by atomic mass is 35.5. The van der Waals surface area contributed by atoms with E-state index in [1.165, 1.54) is 33.0 Å². The topological polar surface area (TPSA) is 530 Å². The van der Waals surface area contributed by atoms with Crippen LogP contribution in [0.1, 0.15) is 105 Å². The molecule has 0 saturated carbocycles. The Bertz CT molecular complexity index is 4080. The van der Waals surface area contributed by atoms with Gasteiger partial charge in [-0.15, -0.1) is 12.4 Å². The standard InChI is InChI=1S/C66H75Cl2N9O24.ClH/c1-23(2)12-34(71-5)58(88)76-49-51(83)26-7-10-38(32(67)14-26)97-40-16-28-17-41(55(40)101-65-56(54(86)53(85)42(22-78)99-65)100-44-21-66(4,70)57(87)24(3)96-44)98-39-11-8-27(15-33(39)68)52(84)50-63(93)75-48(64(94)95)31-18-29(79)19-37(81)45(31)30-13-25(6-9-36(30)80)46(60(90)77-50)74-61(91)47(28)73-59(89)35(20-43(69)82)72-62(49)92;/h6-11,13-19,23-24,34-35,42,44,46-54,56-57,65,71,78-81,83-87H,12,20-22,70H2,1-5H3,(H2,69,82)(H,72,92)(H,73,89)(H,74,91)(H,75,93)(H,76,88)(H,77,90)(H,94,95);1H/t24-,34+,35-,42+,44-,46+,47+,48+,49?,50-,51+,52+,53+,54-,56+,57+,65-,66-;/m0./s1. The van der Waals surface area contributed by atoms with Crippen molar-refractivity contribution in [3.05, 3.63) is 117 Å². The number of halogens is 3. The maximum atomic E-state index is 16.0. The number of aliphatic hydroxyl groups excluding tert-OH is 6. The zero-order chi connectivity index (χ0) is 73.5. The number of amides is 7. The molecule has 0 aromatic heterocycles. The molecule has 11 bridgehead atoms. The molecule has 5 aromatic rings. The summed E-state index contributed by atoms with van der Waals surface area (Å²) in [7, 11) is 1.47. The average molecular weight is 1490 g/mol. The molecule has 2 saturated heterocycles. The van der Waals surface area contributed by atoms with Crippen LogP contribution in [-0.2, 0) is 52.6 Å². The van der Waals surface area contributed by atoms with E-state index in [-0.39, 0.29) is 58.6 Å². The van der Waals surface area contributed by atoms with Gasteiger partial charge in [-0.1, -0.05) is 55.2 Å². The SMILES string of the molecule is CN[C@H](CC(C)C)C(=O)NC1C(=O)N[C@@H](CC(N)=O)C(=O)N[C@H]2C(=O)N[C@H]3C(=O)N[C@H](C(=O)N[C@@H](C(=O)O)c4cc(O)cc(O)c4-c4cc3ccc4O)[C@H](O)c3ccc(c(Cl)c3)Oc3cc2cc(c3O[C@@H]2O[C@H](CO)[C@@H](O)[C@H](O)[C@H]2O[C@H]2C[C@](C)(N)[C@H](O)[C@H](C)O2)Oc2ccc(cc2Cl)[C@H]1O.Cl.